The summed E-state index contributed by atoms with van der Waals surface area (Å²) in [7, 11) is 0. The molecule has 0 aromatic heterocycles. The summed E-state index contributed by atoms with van der Waals surface area (Å²) in [6.45, 7) is 43.7. The first kappa shape index (κ1) is 51.5. The molecule has 0 N–H and O–H groups in total. The molecule has 0 saturated carbocycles. The summed E-state index contributed by atoms with van der Waals surface area (Å²) in [5, 5.41) is 8.65. The van der Waals surface area contributed by atoms with Gasteiger partial charge in [-0.2, -0.15) is 0 Å². The predicted octanol–water partition coefficient (Wildman–Crippen LogP) is 18.2. The SMILES string of the molecule is CC(C)c1cc(C(C)C)c(-c2cc3c4c(cc5c(-c6c(C(C)C)cc(C(C)C)cc6C(C)C)cc6c7c(cc2c4c57)B2c4ccccc4-c4cc(C(C)(C)C)cc-6c42)B2c4ccccc4-c4cc(C(C)(C)C)cc-3c42)c(C(C)C)c1. The van der Waals surface area contributed by atoms with Crippen LogP contribution in [0.25, 0.3) is 99.1 Å². The molecule has 0 nitrogen and oxygen atoms in total. The minimum absolute atomic E-state index is 0.0491. The molecule has 0 spiro atoms. The fourth-order valence-corrected chi connectivity index (χ4v) is 15.7. The quantitative estimate of drug-likeness (QED) is 0.105. The molecule has 4 heterocycles. The molecule has 0 bridgehead atoms. The summed E-state index contributed by atoms with van der Waals surface area (Å²) in [5.41, 5.74) is 37.2. The Labute approximate surface area is 479 Å². The molecule has 0 atom stereocenters. The lowest BCUT2D eigenvalue weighted by Gasteiger charge is -2.35. The molecule has 4 aliphatic rings. The van der Waals surface area contributed by atoms with Gasteiger partial charge in [0.2, 0.25) is 13.4 Å². The zero-order chi connectivity index (χ0) is 56.2. The first-order valence-electron chi connectivity index (χ1n) is 30.7. The van der Waals surface area contributed by atoms with E-state index in [-0.39, 0.29) is 24.3 Å². The third-order valence-electron chi connectivity index (χ3n) is 20.0. The van der Waals surface area contributed by atoms with Crippen molar-refractivity contribution in [3.8, 4) is 66.8 Å². The van der Waals surface area contributed by atoms with Crippen LogP contribution >= 0.6 is 0 Å². The third-order valence-corrected chi connectivity index (χ3v) is 20.0. The second-order valence-corrected chi connectivity index (χ2v) is 29.1. The van der Waals surface area contributed by atoms with E-state index in [2.05, 4.69) is 246 Å². The van der Waals surface area contributed by atoms with Gasteiger partial charge >= 0.3 is 0 Å². The molecule has 80 heavy (non-hydrogen) atoms. The number of hydrogen-bond acceptors (Lipinski definition) is 0. The van der Waals surface area contributed by atoms with Gasteiger partial charge in [0.15, 0.2) is 0 Å². The molecule has 398 valence electrons. The van der Waals surface area contributed by atoms with Crippen LogP contribution in [-0.4, -0.2) is 13.4 Å². The molecule has 0 fully saturated rings. The van der Waals surface area contributed by atoms with Crippen molar-refractivity contribution < 1.29 is 0 Å². The van der Waals surface area contributed by atoms with Crippen molar-refractivity contribution in [3.63, 3.8) is 0 Å². The number of benzene rings is 10. The number of hydrogen-bond donors (Lipinski definition) is 0. The van der Waals surface area contributed by atoms with Gasteiger partial charge in [-0.05, 0) is 202 Å². The summed E-state index contributed by atoms with van der Waals surface area (Å²) < 4.78 is 0. The van der Waals surface area contributed by atoms with Gasteiger partial charge in [-0.15, -0.1) is 0 Å². The molecular weight excluding hydrogens is 958 g/mol. The molecule has 10 aromatic rings. The van der Waals surface area contributed by atoms with E-state index in [1.54, 1.807) is 0 Å². The van der Waals surface area contributed by atoms with Gasteiger partial charge < -0.3 is 0 Å². The highest BCUT2D eigenvalue weighted by Crippen LogP contribution is 2.55. The lowest BCUT2D eigenvalue weighted by molar-refractivity contribution is 0.590. The minimum atomic E-state index is -0.0491. The highest BCUT2D eigenvalue weighted by Gasteiger charge is 2.46. The highest BCUT2D eigenvalue weighted by molar-refractivity contribution is 7.03. The van der Waals surface area contributed by atoms with Crippen LogP contribution in [0.2, 0.25) is 0 Å². The van der Waals surface area contributed by atoms with Crippen LogP contribution in [0.1, 0.15) is 205 Å². The Morgan fingerprint density at radius 3 is 0.900 bits per heavy atom. The first-order valence-corrected chi connectivity index (χ1v) is 30.7. The fourth-order valence-electron chi connectivity index (χ4n) is 15.7. The van der Waals surface area contributed by atoms with E-state index in [4.69, 9.17) is 0 Å². The van der Waals surface area contributed by atoms with Crippen molar-refractivity contribution >= 4 is 78.5 Å². The zero-order valence-electron chi connectivity index (χ0n) is 51.2. The lowest BCUT2D eigenvalue weighted by Crippen LogP contribution is -2.53. The van der Waals surface area contributed by atoms with Gasteiger partial charge in [-0.1, -0.05) is 267 Å². The summed E-state index contributed by atoms with van der Waals surface area (Å²) >= 11 is 0. The van der Waals surface area contributed by atoms with Crippen LogP contribution in [0.5, 0.6) is 0 Å². The molecule has 0 aliphatic carbocycles. The average molecular weight is 1040 g/mol. The van der Waals surface area contributed by atoms with Crippen LogP contribution in [0.15, 0.2) is 121 Å². The van der Waals surface area contributed by atoms with E-state index in [0.717, 1.165) is 0 Å². The van der Waals surface area contributed by atoms with Gasteiger partial charge in [-0.25, -0.2) is 0 Å². The Kier molecular flexibility index (Phi) is 11.2. The van der Waals surface area contributed by atoms with Crippen molar-refractivity contribution in [2.75, 3.05) is 0 Å². The summed E-state index contributed by atoms with van der Waals surface area (Å²) in [5.74, 6) is 2.12. The maximum absolute atomic E-state index is 2.77. The highest BCUT2D eigenvalue weighted by atomic mass is 14.4. The van der Waals surface area contributed by atoms with Crippen molar-refractivity contribution in [2.45, 2.75) is 171 Å². The van der Waals surface area contributed by atoms with Gasteiger partial charge in [0, 0.05) is 0 Å². The summed E-state index contributed by atoms with van der Waals surface area (Å²) in [6.07, 6.45) is 0. The molecule has 0 saturated heterocycles. The Balaban J connectivity index is 1.29. The molecule has 10 aromatic carbocycles. The lowest BCUT2D eigenvalue weighted by atomic mass is 9.34. The van der Waals surface area contributed by atoms with E-state index in [1.807, 2.05) is 0 Å². The Morgan fingerprint density at radius 1 is 0.287 bits per heavy atom. The van der Waals surface area contributed by atoms with Crippen LogP contribution in [0, 0.1) is 0 Å². The Hall–Kier alpha value is -6.63. The third kappa shape index (κ3) is 7.08. The number of fused-ring (bicyclic) bond motifs is 10. The summed E-state index contributed by atoms with van der Waals surface area (Å²) in [4.78, 5) is 0. The van der Waals surface area contributed by atoms with Crippen LogP contribution in [0.4, 0.5) is 0 Å². The molecule has 0 unspecified atom stereocenters. The van der Waals surface area contributed by atoms with E-state index < -0.39 is 0 Å². The molecule has 14 rings (SSSR count). The maximum atomic E-state index is 2.77. The average Bonchev–Trinajstić information content (AvgIpc) is 1.67. The first-order chi connectivity index (χ1) is 37.9. The number of rotatable bonds is 8. The van der Waals surface area contributed by atoms with Crippen LogP contribution in [0.3, 0.4) is 0 Å². The van der Waals surface area contributed by atoms with Crippen LogP contribution < -0.4 is 32.8 Å². The van der Waals surface area contributed by atoms with E-state index in [9.17, 15) is 0 Å². The summed E-state index contributed by atoms with van der Waals surface area (Å²) in [6, 6.07) is 50.8. The second kappa shape index (κ2) is 17.4. The van der Waals surface area contributed by atoms with Gasteiger partial charge in [0.05, 0.1) is 0 Å². The second-order valence-electron chi connectivity index (χ2n) is 29.1. The van der Waals surface area contributed by atoms with Crippen molar-refractivity contribution in [1.29, 1.82) is 0 Å². The Morgan fingerprint density at radius 2 is 0.600 bits per heavy atom. The van der Waals surface area contributed by atoms with E-state index >= 15 is 0 Å². The minimum Gasteiger partial charge on any atom is -0.0664 e. The Bertz CT molecular complexity index is 3990. The van der Waals surface area contributed by atoms with Crippen LogP contribution in [-0.2, 0) is 10.8 Å². The maximum Gasteiger partial charge on any atom is 0.244 e. The van der Waals surface area contributed by atoms with Gasteiger partial charge in [0.1, 0.15) is 0 Å². The normalized spacial score (nSPS) is 14.0. The monoisotopic (exact) mass is 1040 g/mol. The largest absolute Gasteiger partial charge is 0.244 e. The molecule has 4 aliphatic heterocycles. The topological polar surface area (TPSA) is 0 Å². The van der Waals surface area contributed by atoms with Gasteiger partial charge in [0.25, 0.3) is 0 Å². The molecule has 0 amide bonds. The fraction of sp³-hybridized carbons (Fsp3) is 0.333. The standard InChI is InChI=1S/C78H80B2/c1-39(2)45-27-51(41(5)6)69(52(28-45)42(7)8)55-35-57-63-33-47(77(13,14)15)31-61-49-23-20-22-26-66(49)80(75(61)63)68-38-60-56(70-53(43(9)10)29-46(40(3)4)30-54(70)44(11)12)36-58-64-34-48(78(16,17)18)32-62-50-24-19-21-25-65(50)79(76(62)64)67-37-59(55)73(71(57)68)74(60)72(58)67/h19-44H,1-18H3. The van der Waals surface area contributed by atoms with E-state index in [1.165, 1.54) is 176 Å². The zero-order valence-corrected chi connectivity index (χ0v) is 51.2. The van der Waals surface area contributed by atoms with Crippen molar-refractivity contribution in [1.82, 2.24) is 0 Å². The predicted molar refractivity (Wildman–Crippen MR) is 354 cm³/mol. The van der Waals surface area contributed by atoms with Gasteiger partial charge in [-0.3, -0.25) is 0 Å². The molecular formula is C78H80B2. The molecule has 0 radical (unpaired) electrons. The smallest absolute Gasteiger partial charge is 0.0664 e. The van der Waals surface area contributed by atoms with E-state index in [0.29, 0.717) is 35.5 Å². The molecule has 2 heteroatoms. The van der Waals surface area contributed by atoms with Crippen molar-refractivity contribution in [2.24, 2.45) is 0 Å². The van der Waals surface area contributed by atoms with Crippen molar-refractivity contribution in [3.05, 3.63) is 166 Å².